The van der Waals surface area contributed by atoms with Gasteiger partial charge in [0.1, 0.15) is 11.8 Å². The Kier molecular flexibility index (Phi) is 6.85. The number of hydrogen-bond donors (Lipinski definition) is 0. The summed E-state index contributed by atoms with van der Waals surface area (Å²) < 4.78 is 11.0. The van der Waals surface area contributed by atoms with Gasteiger partial charge in [-0.1, -0.05) is 44.2 Å². The third-order valence-corrected chi connectivity index (χ3v) is 6.15. The fourth-order valence-corrected chi connectivity index (χ4v) is 4.56. The highest BCUT2D eigenvalue weighted by Gasteiger charge is 2.36. The van der Waals surface area contributed by atoms with E-state index in [1.165, 1.54) is 10.5 Å². The Labute approximate surface area is 191 Å². The van der Waals surface area contributed by atoms with Crippen molar-refractivity contribution in [2.75, 3.05) is 18.1 Å². The van der Waals surface area contributed by atoms with Gasteiger partial charge in [0.15, 0.2) is 6.61 Å². The lowest BCUT2D eigenvalue weighted by Gasteiger charge is -2.34. The highest BCUT2D eigenvalue weighted by molar-refractivity contribution is 7.10. The van der Waals surface area contributed by atoms with Gasteiger partial charge in [-0.3, -0.25) is 9.69 Å². The van der Waals surface area contributed by atoms with Crippen molar-refractivity contribution in [3.05, 3.63) is 64.5 Å². The van der Waals surface area contributed by atoms with Crippen LogP contribution in [-0.2, 0) is 20.7 Å². The largest absolute Gasteiger partial charge is 0.482 e. The van der Waals surface area contributed by atoms with Crippen LogP contribution in [-0.4, -0.2) is 36.1 Å². The van der Waals surface area contributed by atoms with Crippen molar-refractivity contribution >= 4 is 28.9 Å². The van der Waals surface area contributed by atoms with Gasteiger partial charge in [0.2, 0.25) is 0 Å². The molecule has 0 N–H and O–H groups in total. The fourth-order valence-electron chi connectivity index (χ4n) is 3.72. The Morgan fingerprint density at radius 2 is 2.03 bits per heavy atom. The second-order valence-corrected chi connectivity index (χ2v) is 8.56. The maximum absolute atomic E-state index is 12.8. The molecule has 7 heteroatoms. The number of aromatic nitrogens is 1. The van der Waals surface area contributed by atoms with Gasteiger partial charge >= 0.3 is 5.97 Å². The molecule has 1 unspecified atom stereocenters. The molecule has 166 valence electrons. The molecule has 0 aliphatic carbocycles. The van der Waals surface area contributed by atoms with E-state index in [2.05, 4.69) is 12.1 Å². The maximum Gasteiger partial charge on any atom is 0.329 e. The highest BCUT2D eigenvalue weighted by Crippen LogP contribution is 2.38. The third kappa shape index (κ3) is 4.67. The normalized spacial score (nSPS) is 13.9. The monoisotopic (exact) mass is 450 g/mol. The molecule has 1 aromatic heterocycles. The molecular weight excluding hydrogens is 424 g/mol. The Balaban J connectivity index is 1.63. The van der Waals surface area contributed by atoms with Gasteiger partial charge in [0.05, 0.1) is 23.0 Å². The standard InChI is InChI=1S/C25H26N2O4S/c1-3-12-30-25(29)20(4-2)27-21-14-18(10-11-22(21)31-15-24(27)28)19-16-32-23(26-19)13-17-8-6-5-7-9-17/h5-11,14,16,20H,3-4,12-13,15H2,1-2H3. The summed E-state index contributed by atoms with van der Waals surface area (Å²) in [4.78, 5) is 31.7. The van der Waals surface area contributed by atoms with E-state index in [0.717, 1.165) is 29.1 Å². The third-order valence-electron chi connectivity index (χ3n) is 5.30. The van der Waals surface area contributed by atoms with Crippen molar-refractivity contribution in [2.24, 2.45) is 0 Å². The molecule has 3 aromatic rings. The molecule has 1 atom stereocenters. The Hall–Kier alpha value is -3.19. The first-order valence-electron chi connectivity index (χ1n) is 10.8. The molecule has 1 amide bonds. The van der Waals surface area contributed by atoms with Gasteiger partial charge in [0.25, 0.3) is 5.91 Å². The van der Waals surface area contributed by atoms with E-state index in [9.17, 15) is 9.59 Å². The van der Waals surface area contributed by atoms with E-state index in [0.29, 0.717) is 24.5 Å². The Morgan fingerprint density at radius 1 is 1.22 bits per heavy atom. The van der Waals surface area contributed by atoms with E-state index < -0.39 is 6.04 Å². The average Bonchev–Trinajstić information content (AvgIpc) is 3.28. The summed E-state index contributed by atoms with van der Waals surface area (Å²) in [5.41, 5.74) is 3.50. The zero-order valence-electron chi connectivity index (χ0n) is 18.2. The number of fused-ring (bicyclic) bond motifs is 1. The molecule has 4 rings (SSSR count). The van der Waals surface area contributed by atoms with Gasteiger partial charge in [0, 0.05) is 17.4 Å². The lowest BCUT2D eigenvalue weighted by Crippen LogP contribution is -2.49. The molecule has 0 fully saturated rings. The summed E-state index contributed by atoms with van der Waals surface area (Å²) in [5.74, 6) is -0.0624. The number of benzene rings is 2. The number of thiazole rings is 1. The molecule has 0 bridgehead atoms. The lowest BCUT2D eigenvalue weighted by atomic mass is 10.1. The topological polar surface area (TPSA) is 68.7 Å². The summed E-state index contributed by atoms with van der Waals surface area (Å²) in [7, 11) is 0. The van der Waals surface area contributed by atoms with Crippen molar-refractivity contribution in [1.82, 2.24) is 4.98 Å². The number of carbonyl (C=O) groups excluding carboxylic acids is 2. The predicted molar refractivity (Wildman–Crippen MR) is 125 cm³/mol. The van der Waals surface area contributed by atoms with Gasteiger partial charge < -0.3 is 9.47 Å². The number of anilines is 1. The molecule has 2 heterocycles. The summed E-state index contributed by atoms with van der Waals surface area (Å²) in [5, 5.41) is 3.03. The minimum absolute atomic E-state index is 0.0954. The second-order valence-electron chi connectivity index (χ2n) is 7.62. The van der Waals surface area contributed by atoms with Crippen LogP contribution in [0.2, 0.25) is 0 Å². The molecule has 2 aromatic carbocycles. The molecule has 0 saturated heterocycles. The molecular formula is C25H26N2O4S. The van der Waals surface area contributed by atoms with Gasteiger partial charge in [-0.05, 0) is 36.6 Å². The van der Waals surface area contributed by atoms with E-state index in [1.54, 1.807) is 11.3 Å². The zero-order valence-corrected chi connectivity index (χ0v) is 19.1. The minimum Gasteiger partial charge on any atom is -0.482 e. The average molecular weight is 451 g/mol. The summed E-state index contributed by atoms with van der Waals surface area (Å²) >= 11 is 1.61. The number of rotatable bonds is 8. The van der Waals surface area contributed by atoms with Crippen LogP contribution in [0.3, 0.4) is 0 Å². The second kappa shape index (κ2) is 9.96. The van der Waals surface area contributed by atoms with E-state index in [1.807, 2.05) is 55.6 Å². The molecule has 32 heavy (non-hydrogen) atoms. The van der Waals surface area contributed by atoms with Crippen molar-refractivity contribution in [3.63, 3.8) is 0 Å². The van der Waals surface area contributed by atoms with Crippen LogP contribution in [0.25, 0.3) is 11.3 Å². The van der Waals surface area contributed by atoms with Crippen LogP contribution in [0.4, 0.5) is 5.69 Å². The number of esters is 1. The van der Waals surface area contributed by atoms with Crippen molar-refractivity contribution < 1.29 is 19.1 Å². The molecule has 1 aliphatic rings. The van der Waals surface area contributed by atoms with Crippen LogP contribution < -0.4 is 9.64 Å². The highest BCUT2D eigenvalue weighted by atomic mass is 32.1. The number of ether oxygens (including phenoxy) is 2. The fraction of sp³-hybridized carbons (Fsp3) is 0.320. The SMILES string of the molecule is CCCOC(=O)C(CC)N1C(=O)COc2ccc(-c3csc(Cc4ccccc4)n3)cc21. The van der Waals surface area contributed by atoms with Crippen LogP contribution in [0.1, 0.15) is 37.3 Å². The minimum atomic E-state index is -0.684. The van der Waals surface area contributed by atoms with Gasteiger partial charge in [-0.15, -0.1) is 11.3 Å². The molecule has 0 saturated carbocycles. The lowest BCUT2D eigenvalue weighted by molar-refractivity contribution is -0.146. The number of hydrogen-bond acceptors (Lipinski definition) is 6. The van der Waals surface area contributed by atoms with Gasteiger partial charge in [-0.25, -0.2) is 9.78 Å². The summed E-state index contributed by atoms with van der Waals surface area (Å²) in [6.45, 7) is 4.06. The number of amides is 1. The van der Waals surface area contributed by atoms with Gasteiger partial charge in [-0.2, -0.15) is 0 Å². The molecule has 6 nitrogen and oxygen atoms in total. The van der Waals surface area contributed by atoms with E-state index >= 15 is 0 Å². The quantitative estimate of drug-likeness (QED) is 0.459. The van der Waals surface area contributed by atoms with Crippen LogP contribution in [0.15, 0.2) is 53.9 Å². The smallest absolute Gasteiger partial charge is 0.329 e. The summed E-state index contributed by atoms with van der Waals surface area (Å²) in [6, 6.07) is 15.2. The van der Waals surface area contributed by atoms with Crippen LogP contribution >= 0.6 is 11.3 Å². The predicted octanol–water partition coefficient (Wildman–Crippen LogP) is 4.86. The van der Waals surface area contributed by atoms with E-state index in [4.69, 9.17) is 14.5 Å². The van der Waals surface area contributed by atoms with Crippen LogP contribution in [0, 0.1) is 0 Å². The maximum atomic E-state index is 12.8. The van der Waals surface area contributed by atoms with Crippen molar-refractivity contribution in [3.8, 4) is 17.0 Å². The van der Waals surface area contributed by atoms with Crippen molar-refractivity contribution in [2.45, 2.75) is 39.2 Å². The van der Waals surface area contributed by atoms with E-state index in [-0.39, 0.29) is 18.5 Å². The Morgan fingerprint density at radius 3 is 2.78 bits per heavy atom. The molecule has 0 radical (unpaired) electrons. The first-order chi connectivity index (χ1) is 15.6. The van der Waals surface area contributed by atoms with Crippen LogP contribution in [0.5, 0.6) is 5.75 Å². The first-order valence-corrected chi connectivity index (χ1v) is 11.7. The molecule has 1 aliphatic heterocycles. The number of carbonyl (C=O) groups is 2. The summed E-state index contributed by atoms with van der Waals surface area (Å²) in [6.07, 6.45) is 1.95. The first kappa shape index (κ1) is 22.0. The van der Waals surface area contributed by atoms with Crippen molar-refractivity contribution in [1.29, 1.82) is 0 Å². The molecule has 0 spiro atoms. The number of nitrogens with zero attached hydrogens (tertiary/aromatic N) is 2. The Bertz CT molecular complexity index is 1100. The zero-order chi connectivity index (χ0) is 22.5.